The third-order valence-electron chi connectivity index (χ3n) is 1.72. The molecule has 0 radical (unpaired) electrons. The predicted molar refractivity (Wildman–Crippen MR) is 66.4 cm³/mol. The Labute approximate surface area is 106 Å². The maximum Gasteiger partial charge on any atom is 0.197 e. The topological polar surface area (TPSA) is 130 Å². The molecule has 0 aliphatic heterocycles. The molecular formula is C8H8ClN7S. The fourth-order valence-electron chi connectivity index (χ4n) is 1.03. The lowest BCUT2D eigenvalue weighted by molar-refractivity contribution is 0.971. The number of hydrogen-bond donors (Lipinski definition) is 3. The number of nitrogens with zero attached hydrogens (tertiary/aromatic N) is 4. The summed E-state index contributed by atoms with van der Waals surface area (Å²) in [5, 5.41) is 1.05. The highest BCUT2D eigenvalue weighted by Gasteiger charge is 2.10. The van der Waals surface area contributed by atoms with E-state index in [9.17, 15) is 0 Å². The van der Waals surface area contributed by atoms with Crippen molar-refractivity contribution in [2.24, 2.45) is 0 Å². The maximum atomic E-state index is 5.93. The van der Waals surface area contributed by atoms with Gasteiger partial charge in [-0.1, -0.05) is 11.6 Å². The van der Waals surface area contributed by atoms with E-state index in [1.807, 2.05) is 0 Å². The average Bonchev–Trinajstić information content (AvgIpc) is 2.23. The van der Waals surface area contributed by atoms with E-state index < -0.39 is 0 Å². The van der Waals surface area contributed by atoms with Gasteiger partial charge in [0.1, 0.15) is 33.8 Å². The smallest absolute Gasteiger partial charge is 0.197 e. The number of halogens is 1. The zero-order chi connectivity index (χ0) is 12.4. The number of rotatable bonds is 2. The highest BCUT2D eigenvalue weighted by atomic mass is 35.5. The van der Waals surface area contributed by atoms with Crippen molar-refractivity contribution in [2.45, 2.75) is 10.2 Å². The quantitative estimate of drug-likeness (QED) is 0.539. The summed E-state index contributed by atoms with van der Waals surface area (Å²) in [7, 11) is 0. The molecule has 0 aliphatic rings. The Balaban J connectivity index is 2.34. The van der Waals surface area contributed by atoms with Gasteiger partial charge in [-0.25, -0.2) is 19.9 Å². The van der Waals surface area contributed by atoms with Gasteiger partial charge in [0.05, 0.1) is 0 Å². The number of aromatic nitrogens is 4. The molecule has 0 unspecified atom stereocenters. The Hall–Kier alpha value is -1.80. The van der Waals surface area contributed by atoms with Crippen molar-refractivity contribution in [1.29, 1.82) is 0 Å². The van der Waals surface area contributed by atoms with Crippen LogP contribution in [0, 0.1) is 0 Å². The van der Waals surface area contributed by atoms with Gasteiger partial charge in [0.25, 0.3) is 0 Å². The van der Waals surface area contributed by atoms with Crippen LogP contribution in [0.5, 0.6) is 0 Å². The molecule has 0 saturated heterocycles. The van der Waals surface area contributed by atoms with Crippen molar-refractivity contribution in [2.75, 3.05) is 17.2 Å². The molecule has 2 heterocycles. The van der Waals surface area contributed by atoms with Crippen molar-refractivity contribution >= 4 is 40.8 Å². The fraction of sp³-hybridized carbons (Fsp3) is 0. The Morgan fingerprint density at radius 3 is 2.35 bits per heavy atom. The van der Waals surface area contributed by atoms with Crippen LogP contribution >= 0.6 is 23.4 Å². The van der Waals surface area contributed by atoms with Gasteiger partial charge in [0, 0.05) is 6.07 Å². The van der Waals surface area contributed by atoms with E-state index >= 15 is 0 Å². The van der Waals surface area contributed by atoms with Crippen LogP contribution in [0.4, 0.5) is 17.5 Å². The highest BCUT2D eigenvalue weighted by molar-refractivity contribution is 7.99. The first-order valence-corrected chi connectivity index (χ1v) is 5.59. The van der Waals surface area contributed by atoms with Gasteiger partial charge < -0.3 is 17.2 Å². The van der Waals surface area contributed by atoms with Gasteiger partial charge in [-0.3, -0.25) is 0 Å². The molecule has 7 nitrogen and oxygen atoms in total. The van der Waals surface area contributed by atoms with Gasteiger partial charge >= 0.3 is 0 Å². The lowest BCUT2D eigenvalue weighted by Gasteiger charge is -2.04. The molecule has 0 amide bonds. The summed E-state index contributed by atoms with van der Waals surface area (Å²) in [5.74, 6) is 0.748. The molecule has 0 fully saturated rings. The second kappa shape index (κ2) is 4.60. The predicted octanol–water partition coefficient (Wildman–Crippen LogP) is 0.818. The molecule has 0 aromatic carbocycles. The second-order valence-corrected chi connectivity index (χ2v) is 4.31. The zero-order valence-corrected chi connectivity index (χ0v) is 10.0. The Bertz CT molecular complexity index is 541. The fourth-order valence-corrected chi connectivity index (χ4v) is 2.01. The van der Waals surface area contributed by atoms with Crippen LogP contribution in [0.1, 0.15) is 0 Å². The number of nitrogen functional groups attached to an aromatic ring is 3. The molecule has 0 atom stereocenters. The third kappa shape index (κ3) is 2.66. The van der Waals surface area contributed by atoms with Crippen LogP contribution in [0.25, 0.3) is 0 Å². The summed E-state index contributed by atoms with van der Waals surface area (Å²) in [6, 6.07) is 1.46. The standard InChI is InChI=1S/C8H8ClN7S/c9-5-6(12)13-2-14-7(5)17-8-15-3(10)1-4(11)16-8/h1-2H,(H2,12,13,14)(H4,10,11,15,16). The first-order valence-electron chi connectivity index (χ1n) is 4.40. The SMILES string of the molecule is Nc1cc(N)nc(Sc2ncnc(N)c2Cl)n1. The Kier molecular flexibility index (Phi) is 3.16. The first-order chi connectivity index (χ1) is 8.06. The van der Waals surface area contributed by atoms with Crippen LogP contribution < -0.4 is 17.2 Å². The van der Waals surface area contributed by atoms with Crippen molar-refractivity contribution in [3.05, 3.63) is 17.4 Å². The van der Waals surface area contributed by atoms with Gasteiger partial charge in [-0.05, 0) is 11.8 Å². The van der Waals surface area contributed by atoms with Crippen molar-refractivity contribution in [3.63, 3.8) is 0 Å². The molecule has 2 aromatic heterocycles. The molecule has 2 rings (SSSR count). The van der Waals surface area contributed by atoms with E-state index in [0.29, 0.717) is 10.2 Å². The van der Waals surface area contributed by atoms with Gasteiger partial charge in [-0.15, -0.1) is 0 Å². The van der Waals surface area contributed by atoms with E-state index in [4.69, 9.17) is 28.8 Å². The van der Waals surface area contributed by atoms with E-state index in [1.165, 1.54) is 12.4 Å². The molecule has 2 aromatic rings. The second-order valence-electron chi connectivity index (χ2n) is 2.98. The Morgan fingerprint density at radius 1 is 1.06 bits per heavy atom. The summed E-state index contributed by atoms with van der Waals surface area (Å²) in [6.45, 7) is 0. The first kappa shape index (κ1) is 11.7. The summed E-state index contributed by atoms with van der Waals surface area (Å²) in [5.41, 5.74) is 16.6. The lowest BCUT2D eigenvalue weighted by atomic mass is 10.5. The monoisotopic (exact) mass is 269 g/mol. The van der Waals surface area contributed by atoms with Crippen LogP contribution in [-0.4, -0.2) is 19.9 Å². The lowest BCUT2D eigenvalue weighted by Crippen LogP contribution is -2.00. The van der Waals surface area contributed by atoms with Gasteiger partial charge in [0.2, 0.25) is 0 Å². The molecule has 0 spiro atoms. The van der Waals surface area contributed by atoms with Gasteiger partial charge in [-0.2, -0.15) is 0 Å². The molecular weight excluding hydrogens is 262 g/mol. The molecule has 0 saturated carbocycles. The average molecular weight is 270 g/mol. The molecule has 0 aliphatic carbocycles. The molecule has 6 N–H and O–H groups in total. The molecule has 88 valence electrons. The van der Waals surface area contributed by atoms with Crippen molar-refractivity contribution in [3.8, 4) is 0 Å². The normalized spacial score (nSPS) is 10.4. The van der Waals surface area contributed by atoms with E-state index in [2.05, 4.69) is 19.9 Å². The number of nitrogens with two attached hydrogens (primary N) is 3. The minimum absolute atomic E-state index is 0.195. The van der Waals surface area contributed by atoms with E-state index in [-0.39, 0.29) is 22.5 Å². The minimum Gasteiger partial charge on any atom is -0.383 e. The summed E-state index contributed by atoms with van der Waals surface area (Å²) >= 11 is 7.05. The van der Waals surface area contributed by atoms with Crippen LogP contribution in [-0.2, 0) is 0 Å². The largest absolute Gasteiger partial charge is 0.383 e. The molecule has 17 heavy (non-hydrogen) atoms. The van der Waals surface area contributed by atoms with Crippen LogP contribution in [0.2, 0.25) is 5.02 Å². The van der Waals surface area contributed by atoms with E-state index in [0.717, 1.165) is 11.8 Å². The zero-order valence-electron chi connectivity index (χ0n) is 8.46. The molecule has 9 heteroatoms. The summed E-state index contributed by atoms with van der Waals surface area (Å²) in [4.78, 5) is 15.7. The van der Waals surface area contributed by atoms with Crippen molar-refractivity contribution in [1.82, 2.24) is 19.9 Å². The van der Waals surface area contributed by atoms with Gasteiger partial charge in [0.15, 0.2) is 5.16 Å². The molecule has 0 bridgehead atoms. The number of anilines is 3. The summed E-state index contributed by atoms with van der Waals surface area (Å²) in [6.07, 6.45) is 1.30. The summed E-state index contributed by atoms with van der Waals surface area (Å²) < 4.78 is 0. The highest BCUT2D eigenvalue weighted by Crippen LogP contribution is 2.32. The Morgan fingerprint density at radius 2 is 1.71 bits per heavy atom. The van der Waals surface area contributed by atoms with Crippen LogP contribution in [0.3, 0.4) is 0 Å². The van der Waals surface area contributed by atoms with E-state index in [1.54, 1.807) is 0 Å². The van der Waals surface area contributed by atoms with Crippen molar-refractivity contribution < 1.29 is 0 Å². The number of hydrogen-bond acceptors (Lipinski definition) is 8. The third-order valence-corrected chi connectivity index (χ3v) is 3.07. The minimum atomic E-state index is 0.195. The maximum absolute atomic E-state index is 5.93. The van der Waals surface area contributed by atoms with Crippen LogP contribution in [0.15, 0.2) is 22.6 Å².